The molecule has 1 aromatic carbocycles. The zero-order valence-electron chi connectivity index (χ0n) is 18.7. The summed E-state index contributed by atoms with van der Waals surface area (Å²) in [7, 11) is -2.54. The van der Waals surface area contributed by atoms with Crippen molar-refractivity contribution in [2.75, 3.05) is 18.5 Å². The highest BCUT2D eigenvalue weighted by Crippen LogP contribution is 2.25. The molecule has 0 aliphatic rings. The Labute approximate surface area is 201 Å². The monoisotopic (exact) mass is 498 g/mol. The third kappa shape index (κ3) is 6.74. The van der Waals surface area contributed by atoms with Crippen LogP contribution in [0.1, 0.15) is 37.7 Å². The van der Waals surface area contributed by atoms with E-state index in [-0.39, 0.29) is 47.8 Å². The average Bonchev–Trinajstić information content (AvgIpc) is 3.06. The van der Waals surface area contributed by atoms with E-state index in [1.54, 1.807) is 6.07 Å². The number of anilines is 1. The zero-order valence-corrected chi connectivity index (χ0v) is 19.6. The number of nitrogens with one attached hydrogen (secondary N) is 2. The minimum Gasteiger partial charge on any atom is -0.338 e. The molecule has 2 aromatic rings. The first-order valence-electron chi connectivity index (χ1n) is 9.85. The lowest BCUT2D eigenvalue weighted by molar-refractivity contribution is -0.116. The van der Waals surface area contributed by atoms with Crippen LogP contribution in [-0.2, 0) is 15.9 Å². The topological polar surface area (TPSA) is 154 Å². The van der Waals surface area contributed by atoms with Crippen molar-refractivity contribution < 1.29 is 33.1 Å². The van der Waals surface area contributed by atoms with Gasteiger partial charge in [0.25, 0.3) is 17.6 Å². The SMILES string of the molecule is C#CCn1c(C)c(C(=O)C(=O)NCC#CCOP(O)O)c(C)c1C(=O)Nc1ccc(F)c(C#N)c1. The van der Waals surface area contributed by atoms with Crippen LogP contribution < -0.4 is 10.6 Å². The standard InChI is InChI=1S/C23H20FN4O6P/c1-4-10-28-15(3)19(21(29)23(31)26-9-5-6-11-34-35(32)33)14(2)20(28)22(30)27-17-7-8-18(24)16(12-17)13-25/h1,7-8,12,32-33H,9-11H2,2-3H3,(H,26,31)(H,27,30). The predicted octanol–water partition coefficient (Wildman–Crippen LogP) is 1.53. The molecule has 1 aromatic heterocycles. The third-order valence-corrected chi connectivity index (χ3v) is 5.08. The Morgan fingerprint density at radius 2 is 1.97 bits per heavy atom. The number of carbonyl (C=O) groups excluding carboxylic acids is 3. The number of Topliss-reactive ketones (excluding diaryl/α,β-unsaturated/α-hetero) is 1. The Kier molecular flexibility index (Phi) is 9.66. The van der Waals surface area contributed by atoms with Gasteiger partial charge in [-0.2, -0.15) is 5.26 Å². The molecule has 0 bridgehead atoms. The van der Waals surface area contributed by atoms with Crippen LogP contribution in [0.25, 0.3) is 0 Å². The van der Waals surface area contributed by atoms with Crippen LogP contribution in [0.3, 0.4) is 0 Å². The van der Waals surface area contributed by atoms with Crippen LogP contribution in [0.5, 0.6) is 0 Å². The summed E-state index contributed by atoms with van der Waals surface area (Å²) in [6, 6.07) is 5.16. The lowest BCUT2D eigenvalue weighted by Gasteiger charge is -2.10. The summed E-state index contributed by atoms with van der Waals surface area (Å²) < 4.78 is 19.4. The van der Waals surface area contributed by atoms with E-state index in [0.717, 1.165) is 12.1 Å². The second kappa shape index (κ2) is 12.4. The van der Waals surface area contributed by atoms with Gasteiger partial charge in [0.2, 0.25) is 0 Å². The van der Waals surface area contributed by atoms with Gasteiger partial charge in [0.15, 0.2) is 0 Å². The number of terminal acetylenes is 1. The maximum Gasteiger partial charge on any atom is 0.327 e. The van der Waals surface area contributed by atoms with E-state index in [9.17, 15) is 18.8 Å². The fourth-order valence-electron chi connectivity index (χ4n) is 3.21. The second-order valence-corrected chi connectivity index (χ2v) is 7.64. The van der Waals surface area contributed by atoms with Crippen LogP contribution in [0.15, 0.2) is 18.2 Å². The van der Waals surface area contributed by atoms with Gasteiger partial charge in [0, 0.05) is 11.4 Å². The number of rotatable bonds is 8. The summed E-state index contributed by atoms with van der Waals surface area (Å²) in [4.78, 5) is 55.5. The molecule has 2 amide bonds. The zero-order chi connectivity index (χ0) is 26.1. The van der Waals surface area contributed by atoms with Gasteiger partial charge >= 0.3 is 8.60 Å². The molecule has 0 radical (unpaired) electrons. The molecule has 2 rings (SSSR count). The number of benzene rings is 1. The first-order chi connectivity index (χ1) is 16.6. The number of aromatic nitrogens is 1. The fourth-order valence-corrected chi connectivity index (χ4v) is 3.39. The first-order valence-corrected chi connectivity index (χ1v) is 11.0. The van der Waals surface area contributed by atoms with Crippen LogP contribution in [0, 0.1) is 55.2 Å². The average molecular weight is 498 g/mol. The molecule has 0 fully saturated rings. The smallest absolute Gasteiger partial charge is 0.327 e. The summed E-state index contributed by atoms with van der Waals surface area (Å²) >= 11 is 0. The van der Waals surface area contributed by atoms with Gasteiger partial charge in [0.1, 0.15) is 24.2 Å². The summed E-state index contributed by atoms with van der Waals surface area (Å²) in [6.07, 6.45) is 5.43. The molecule has 0 saturated heterocycles. The molecule has 10 nitrogen and oxygen atoms in total. The number of ketones is 1. The van der Waals surface area contributed by atoms with Crippen LogP contribution >= 0.6 is 8.60 Å². The van der Waals surface area contributed by atoms with Crippen molar-refractivity contribution in [1.82, 2.24) is 9.88 Å². The van der Waals surface area contributed by atoms with Gasteiger partial charge in [-0.05, 0) is 37.6 Å². The molecule has 12 heteroatoms. The maximum absolute atomic E-state index is 13.6. The molecule has 0 aliphatic carbocycles. The summed E-state index contributed by atoms with van der Waals surface area (Å²) in [5.41, 5.74) is 0.410. The number of nitriles is 1. The van der Waals surface area contributed by atoms with E-state index in [1.165, 1.54) is 24.5 Å². The summed E-state index contributed by atoms with van der Waals surface area (Å²) in [6.45, 7) is 2.48. The predicted molar refractivity (Wildman–Crippen MR) is 124 cm³/mol. The number of hydrogen-bond acceptors (Lipinski definition) is 7. The quantitative estimate of drug-likeness (QED) is 0.186. The van der Waals surface area contributed by atoms with Crippen molar-refractivity contribution >= 4 is 31.9 Å². The fraction of sp³-hybridized carbons (Fsp3) is 0.217. The highest BCUT2D eigenvalue weighted by atomic mass is 31.2. The van der Waals surface area contributed by atoms with Crippen molar-refractivity contribution in [3.63, 3.8) is 0 Å². The van der Waals surface area contributed by atoms with Gasteiger partial charge in [-0.15, -0.1) is 6.42 Å². The lowest BCUT2D eigenvalue weighted by Crippen LogP contribution is -2.32. The Bertz CT molecular complexity index is 1310. The van der Waals surface area contributed by atoms with Crippen molar-refractivity contribution in [2.45, 2.75) is 20.4 Å². The molecule has 0 unspecified atom stereocenters. The second-order valence-electron chi connectivity index (χ2n) is 6.88. The van der Waals surface area contributed by atoms with E-state index in [1.807, 2.05) is 0 Å². The van der Waals surface area contributed by atoms with Crippen molar-refractivity contribution in [3.8, 4) is 30.3 Å². The van der Waals surface area contributed by atoms with E-state index < -0.39 is 32.0 Å². The molecular formula is C23H20FN4O6P. The van der Waals surface area contributed by atoms with E-state index >= 15 is 0 Å². The highest BCUT2D eigenvalue weighted by Gasteiger charge is 2.29. The lowest BCUT2D eigenvalue weighted by atomic mass is 10.0. The van der Waals surface area contributed by atoms with Crippen LogP contribution in [0.2, 0.25) is 0 Å². The molecule has 180 valence electrons. The number of nitrogens with zero attached hydrogens (tertiary/aromatic N) is 2. The van der Waals surface area contributed by atoms with Crippen LogP contribution in [0.4, 0.5) is 10.1 Å². The summed E-state index contributed by atoms with van der Waals surface area (Å²) in [5.74, 6) is 4.01. The van der Waals surface area contributed by atoms with Crippen molar-refractivity contribution in [2.24, 2.45) is 0 Å². The Balaban J connectivity index is 2.29. The van der Waals surface area contributed by atoms with Gasteiger partial charge in [-0.1, -0.05) is 17.8 Å². The minimum absolute atomic E-state index is 0.0118. The number of hydrogen-bond donors (Lipinski definition) is 4. The molecule has 35 heavy (non-hydrogen) atoms. The molecule has 0 spiro atoms. The molecular weight excluding hydrogens is 478 g/mol. The molecule has 0 saturated carbocycles. The third-order valence-electron chi connectivity index (χ3n) is 4.72. The molecule has 0 aliphatic heterocycles. The first kappa shape index (κ1) is 27.2. The maximum atomic E-state index is 13.6. The van der Waals surface area contributed by atoms with Crippen molar-refractivity contribution in [3.05, 3.63) is 52.1 Å². The van der Waals surface area contributed by atoms with Gasteiger partial charge in [-0.3, -0.25) is 18.9 Å². The Hall–Kier alpha value is -4.04. The van der Waals surface area contributed by atoms with E-state index in [0.29, 0.717) is 5.69 Å². The van der Waals surface area contributed by atoms with Gasteiger partial charge < -0.3 is 25.0 Å². The number of amides is 2. The molecule has 1 heterocycles. The normalized spacial score (nSPS) is 10.1. The van der Waals surface area contributed by atoms with Crippen LogP contribution in [-0.4, -0.2) is 45.1 Å². The molecule has 0 atom stereocenters. The largest absolute Gasteiger partial charge is 0.338 e. The van der Waals surface area contributed by atoms with Gasteiger partial charge in [-0.25, -0.2) is 4.39 Å². The Morgan fingerprint density at radius 3 is 2.60 bits per heavy atom. The molecule has 4 N–H and O–H groups in total. The van der Waals surface area contributed by atoms with Crippen molar-refractivity contribution in [1.29, 1.82) is 5.26 Å². The summed E-state index contributed by atoms with van der Waals surface area (Å²) in [5, 5.41) is 13.9. The number of halogens is 1. The van der Waals surface area contributed by atoms with E-state index in [2.05, 4.69) is 32.9 Å². The van der Waals surface area contributed by atoms with Gasteiger partial charge in [0.05, 0.1) is 24.2 Å². The minimum atomic E-state index is -2.54. The Morgan fingerprint density at radius 1 is 1.26 bits per heavy atom. The number of carbonyl (C=O) groups is 3. The highest BCUT2D eigenvalue weighted by molar-refractivity contribution is 7.39. The van der Waals surface area contributed by atoms with E-state index in [4.69, 9.17) is 21.5 Å².